The van der Waals surface area contributed by atoms with Crippen molar-refractivity contribution in [3.63, 3.8) is 0 Å². The lowest BCUT2D eigenvalue weighted by Gasteiger charge is -2.29. The minimum absolute atomic E-state index is 0.0402. The number of rotatable bonds is 6. The first-order valence-electron chi connectivity index (χ1n) is 11.0. The van der Waals surface area contributed by atoms with Crippen LogP contribution in [0.2, 0.25) is 0 Å². The monoisotopic (exact) mass is 470 g/mol. The van der Waals surface area contributed by atoms with Crippen LogP contribution < -0.4 is 15.1 Å². The van der Waals surface area contributed by atoms with Gasteiger partial charge in [0.2, 0.25) is 0 Å². The molecule has 1 amide bonds. The summed E-state index contributed by atoms with van der Waals surface area (Å²) < 4.78 is 59.2. The highest BCUT2D eigenvalue weighted by molar-refractivity contribution is 6.03. The molecule has 2 N–H and O–H groups in total. The second-order valence-electron chi connectivity index (χ2n) is 8.51. The smallest absolute Gasteiger partial charge is 0.396 e. The Morgan fingerprint density at radius 2 is 1.94 bits per heavy atom. The fraction of sp³-hybridized carbons (Fsp3) is 0.545. The molecule has 4 rings (SSSR count). The molecule has 0 radical (unpaired) electrons. The number of oxazole rings is 1. The van der Waals surface area contributed by atoms with Gasteiger partial charge < -0.3 is 24.6 Å². The van der Waals surface area contributed by atoms with Crippen molar-refractivity contribution in [2.24, 2.45) is 5.92 Å². The number of aromatic nitrogens is 1. The quantitative estimate of drug-likeness (QED) is 0.622. The molecule has 0 saturated carbocycles. The fourth-order valence-corrected chi connectivity index (χ4v) is 4.28. The Balaban J connectivity index is 1.53. The minimum Gasteiger partial charge on any atom is -0.427 e. The summed E-state index contributed by atoms with van der Waals surface area (Å²) in [6.45, 7) is 2.25. The zero-order valence-corrected chi connectivity index (χ0v) is 18.0. The van der Waals surface area contributed by atoms with E-state index < -0.39 is 35.8 Å². The van der Waals surface area contributed by atoms with E-state index in [4.69, 9.17) is 4.42 Å². The van der Waals surface area contributed by atoms with Crippen LogP contribution in [0, 0.1) is 11.7 Å². The van der Waals surface area contributed by atoms with Crippen molar-refractivity contribution in [1.82, 2.24) is 4.98 Å². The van der Waals surface area contributed by atoms with E-state index in [0.29, 0.717) is 25.2 Å². The number of nitrogens with one attached hydrogen (secondary N) is 1. The molecule has 0 aliphatic carbocycles. The number of hydrogen-bond acceptors (Lipinski definition) is 6. The van der Waals surface area contributed by atoms with Crippen LogP contribution in [-0.4, -0.2) is 55.0 Å². The molecular formula is C22H26F4N4O3. The Labute approximate surface area is 188 Å². The summed E-state index contributed by atoms with van der Waals surface area (Å²) >= 11 is 0. The van der Waals surface area contributed by atoms with Crippen LogP contribution in [0.4, 0.5) is 35.0 Å². The molecule has 180 valence electrons. The van der Waals surface area contributed by atoms with Crippen LogP contribution in [0.15, 0.2) is 22.6 Å². The maximum Gasteiger partial charge on any atom is 0.396 e. The fourth-order valence-electron chi connectivity index (χ4n) is 4.28. The predicted molar refractivity (Wildman–Crippen MR) is 114 cm³/mol. The molecule has 33 heavy (non-hydrogen) atoms. The van der Waals surface area contributed by atoms with Gasteiger partial charge in [0.1, 0.15) is 18.0 Å². The first kappa shape index (κ1) is 23.3. The number of hydrogen-bond donors (Lipinski definition) is 2. The van der Waals surface area contributed by atoms with Crippen LogP contribution >= 0.6 is 0 Å². The summed E-state index contributed by atoms with van der Waals surface area (Å²) in [7, 11) is 0. The van der Waals surface area contributed by atoms with E-state index in [1.165, 1.54) is 6.07 Å². The van der Waals surface area contributed by atoms with Gasteiger partial charge in [-0.25, -0.2) is 4.39 Å². The molecule has 2 aromatic rings. The molecule has 1 aromatic heterocycles. The SMILES string of the molecule is O=C(Nc1ccc(N2CCCCC2)c(F)c1)c1nc(N2CCC(CO)C2)oc1CC(F)(F)F. The van der Waals surface area contributed by atoms with Crippen molar-refractivity contribution in [3.8, 4) is 0 Å². The number of benzene rings is 1. The molecule has 11 heteroatoms. The molecule has 2 aliphatic rings. The zero-order chi connectivity index (χ0) is 23.6. The van der Waals surface area contributed by atoms with E-state index in [-0.39, 0.29) is 24.2 Å². The van der Waals surface area contributed by atoms with E-state index in [0.717, 1.165) is 38.4 Å². The van der Waals surface area contributed by atoms with Crippen molar-refractivity contribution in [2.75, 3.05) is 47.9 Å². The van der Waals surface area contributed by atoms with E-state index >= 15 is 0 Å². The molecule has 1 unspecified atom stereocenters. The van der Waals surface area contributed by atoms with E-state index in [1.807, 2.05) is 4.90 Å². The van der Waals surface area contributed by atoms with Crippen molar-refractivity contribution < 1.29 is 31.9 Å². The third kappa shape index (κ3) is 5.58. The normalized spacial score (nSPS) is 19.2. The van der Waals surface area contributed by atoms with E-state index in [2.05, 4.69) is 10.3 Å². The van der Waals surface area contributed by atoms with Gasteiger partial charge in [-0.1, -0.05) is 0 Å². The highest BCUT2D eigenvalue weighted by Gasteiger charge is 2.35. The second kappa shape index (κ2) is 9.58. The summed E-state index contributed by atoms with van der Waals surface area (Å²) in [5.74, 6) is -2.07. The highest BCUT2D eigenvalue weighted by Crippen LogP contribution is 2.31. The van der Waals surface area contributed by atoms with Crippen LogP contribution in [0.5, 0.6) is 0 Å². The van der Waals surface area contributed by atoms with Gasteiger partial charge >= 0.3 is 6.18 Å². The molecule has 0 bridgehead atoms. The zero-order valence-electron chi connectivity index (χ0n) is 18.0. The van der Waals surface area contributed by atoms with Gasteiger partial charge in [-0.05, 0) is 43.9 Å². The number of alkyl halides is 3. The summed E-state index contributed by atoms with van der Waals surface area (Å²) in [6, 6.07) is 4.13. The van der Waals surface area contributed by atoms with Gasteiger partial charge in [-0.15, -0.1) is 0 Å². The Hall–Kier alpha value is -2.82. The molecule has 0 spiro atoms. The van der Waals surface area contributed by atoms with E-state index in [9.17, 15) is 27.5 Å². The molecule has 2 fully saturated rings. The third-order valence-electron chi connectivity index (χ3n) is 5.98. The van der Waals surface area contributed by atoms with Gasteiger partial charge in [-0.2, -0.15) is 18.2 Å². The number of carbonyl (C=O) groups is 1. The molecule has 1 atom stereocenters. The first-order chi connectivity index (χ1) is 15.7. The number of piperidine rings is 1. The third-order valence-corrected chi connectivity index (χ3v) is 5.98. The van der Waals surface area contributed by atoms with Crippen molar-refractivity contribution in [1.29, 1.82) is 0 Å². The van der Waals surface area contributed by atoms with Crippen LogP contribution in [0.1, 0.15) is 41.9 Å². The largest absolute Gasteiger partial charge is 0.427 e. The first-order valence-corrected chi connectivity index (χ1v) is 11.0. The number of amides is 1. The number of halogens is 4. The Morgan fingerprint density at radius 1 is 1.18 bits per heavy atom. The summed E-state index contributed by atoms with van der Waals surface area (Å²) in [4.78, 5) is 20.3. The number of aliphatic hydroxyl groups excluding tert-OH is 1. The number of nitrogens with zero attached hydrogens (tertiary/aromatic N) is 3. The van der Waals surface area contributed by atoms with Crippen molar-refractivity contribution >= 4 is 23.3 Å². The maximum atomic E-state index is 14.7. The molecule has 7 nitrogen and oxygen atoms in total. The van der Waals surface area contributed by atoms with Crippen molar-refractivity contribution in [2.45, 2.75) is 38.3 Å². The van der Waals surface area contributed by atoms with Crippen molar-refractivity contribution in [3.05, 3.63) is 35.5 Å². The van der Waals surface area contributed by atoms with Gasteiger partial charge in [0, 0.05) is 44.4 Å². The molecule has 3 heterocycles. The van der Waals surface area contributed by atoms with Gasteiger partial charge in [0.15, 0.2) is 5.69 Å². The number of carbonyl (C=O) groups excluding carboxylic acids is 1. The van der Waals surface area contributed by atoms with Crippen LogP contribution in [0.3, 0.4) is 0 Å². The molecule has 1 aromatic carbocycles. The minimum atomic E-state index is -4.60. The molecule has 2 saturated heterocycles. The predicted octanol–water partition coefficient (Wildman–Crippen LogP) is 3.98. The number of aliphatic hydroxyl groups is 1. The summed E-state index contributed by atoms with van der Waals surface area (Å²) in [5, 5.41) is 11.7. The van der Waals surface area contributed by atoms with Gasteiger partial charge in [-0.3, -0.25) is 4.79 Å². The summed E-state index contributed by atoms with van der Waals surface area (Å²) in [6.07, 6.45) is -2.37. The van der Waals surface area contributed by atoms with Gasteiger partial charge in [0.05, 0.1) is 5.69 Å². The lowest BCUT2D eigenvalue weighted by Crippen LogP contribution is -2.30. The highest BCUT2D eigenvalue weighted by atomic mass is 19.4. The average molecular weight is 470 g/mol. The lowest BCUT2D eigenvalue weighted by molar-refractivity contribution is -0.130. The average Bonchev–Trinajstić information content (AvgIpc) is 3.40. The Morgan fingerprint density at radius 3 is 2.58 bits per heavy atom. The molecular weight excluding hydrogens is 444 g/mol. The summed E-state index contributed by atoms with van der Waals surface area (Å²) in [5.41, 5.74) is 0.0548. The van der Waals surface area contributed by atoms with Gasteiger partial charge in [0.25, 0.3) is 11.9 Å². The second-order valence-corrected chi connectivity index (χ2v) is 8.51. The van der Waals surface area contributed by atoms with E-state index in [1.54, 1.807) is 11.0 Å². The Kier molecular flexibility index (Phi) is 6.78. The topological polar surface area (TPSA) is 81.8 Å². The lowest BCUT2D eigenvalue weighted by atomic mass is 10.1. The standard InChI is InChI=1S/C22H26F4N4O3/c23-16-10-15(4-5-17(16)29-7-2-1-3-8-29)27-20(32)19-18(11-22(24,25)26)33-21(28-19)30-9-6-14(12-30)13-31/h4-5,10,14,31H,1-3,6-9,11-13H2,(H,27,32). The molecule has 2 aliphatic heterocycles. The number of anilines is 3. The Bertz CT molecular complexity index is 989. The van der Waals surface area contributed by atoms with Crippen LogP contribution in [-0.2, 0) is 6.42 Å². The maximum absolute atomic E-state index is 14.7. The van der Waals surface area contributed by atoms with Crippen LogP contribution in [0.25, 0.3) is 0 Å².